The van der Waals surface area contributed by atoms with E-state index >= 15 is 0 Å². The predicted molar refractivity (Wildman–Crippen MR) is 95.3 cm³/mol. The number of rotatable bonds is 8. The van der Waals surface area contributed by atoms with Gasteiger partial charge in [0.1, 0.15) is 30.0 Å². The minimum Gasteiger partial charge on any atom is -0.492 e. The first-order valence-electron chi connectivity index (χ1n) is 8.33. The lowest BCUT2D eigenvalue weighted by atomic mass is 10.1. The minimum absolute atomic E-state index is 0.0836. The lowest BCUT2D eigenvalue weighted by molar-refractivity contribution is -0.129. The molecule has 0 aromatic heterocycles. The summed E-state index contributed by atoms with van der Waals surface area (Å²) in [6, 6.07) is 14.5. The van der Waals surface area contributed by atoms with E-state index in [1.54, 1.807) is 24.3 Å². The average Bonchev–Trinajstić information content (AvgIpc) is 2.64. The summed E-state index contributed by atoms with van der Waals surface area (Å²) in [5, 5.41) is 11.9. The van der Waals surface area contributed by atoms with Gasteiger partial charge in [0.05, 0.1) is 12.1 Å². The Morgan fingerprint density at radius 3 is 2.54 bits per heavy atom. The molecule has 0 saturated heterocycles. The third kappa shape index (κ3) is 5.49. The molecule has 0 heterocycles. The standard InChI is InChI=1S/C20H21FN2O3/c1-14(2)19(26-18-6-4-3-5-15(18)13-22)20(24)23-11-12-25-17-9-7-16(21)8-10-17/h3-10,14,19H,11-12H2,1-2H3,(H,23,24). The van der Waals surface area contributed by atoms with Gasteiger partial charge < -0.3 is 14.8 Å². The normalized spacial score (nSPS) is 11.5. The molecule has 0 bridgehead atoms. The Balaban J connectivity index is 1.88. The van der Waals surface area contributed by atoms with Crippen LogP contribution in [0.15, 0.2) is 48.5 Å². The summed E-state index contributed by atoms with van der Waals surface area (Å²) in [7, 11) is 0. The molecule has 1 unspecified atom stereocenters. The number of ether oxygens (including phenoxy) is 2. The van der Waals surface area contributed by atoms with Crippen molar-refractivity contribution in [3.05, 3.63) is 59.9 Å². The highest BCUT2D eigenvalue weighted by atomic mass is 19.1. The summed E-state index contributed by atoms with van der Waals surface area (Å²) in [4.78, 5) is 12.4. The number of carbonyl (C=O) groups is 1. The van der Waals surface area contributed by atoms with E-state index in [0.717, 1.165) is 0 Å². The molecule has 6 heteroatoms. The Kier molecular flexibility index (Phi) is 6.98. The zero-order valence-electron chi connectivity index (χ0n) is 14.7. The van der Waals surface area contributed by atoms with Gasteiger partial charge in [-0.05, 0) is 42.3 Å². The molecule has 0 fully saturated rings. The number of benzene rings is 2. The highest BCUT2D eigenvalue weighted by Crippen LogP contribution is 2.20. The molecule has 0 aliphatic carbocycles. The van der Waals surface area contributed by atoms with Gasteiger partial charge in [0.15, 0.2) is 6.10 Å². The summed E-state index contributed by atoms with van der Waals surface area (Å²) in [5.41, 5.74) is 0.380. The maximum atomic E-state index is 12.8. The minimum atomic E-state index is -0.727. The van der Waals surface area contributed by atoms with Crippen LogP contribution in [0.3, 0.4) is 0 Å². The molecule has 0 saturated carbocycles. The van der Waals surface area contributed by atoms with Crippen LogP contribution in [0.5, 0.6) is 11.5 Å². The van der Waals surface area contributed by atoms with Crippen molar-refractivity contribution in [2.75, 3.05) is 13.2 Å². The van der Waals surface area contributed by atoms with Crippen LogP contribution in [-0.2, 0) is 4.79 Å². The first kappa shape index (κ1) is 19.3. The predicted octanol–water partition coefficient (Wildman–Crippen LogP) is 3.30. The molecule has 1 atom stereocenters. The van der Waals surface area contributed by atoms with Crippen molar-refractivity contribution < 1.29 is 18.7 Å². The van der Waals surface area contributed by atoms with Crippen LogP contribution in [0.1, 0.15) is 19.4 Å². The van der Waals surface area contributed by atoms with Gasteiger partial charge in [-0.1, -0.05) is 26.0 Å². The second-order valence-electron chi connectivity index (χ2n) is 5.98. The van der Waals surface area contributed by atoms with Crippen molar-refractivity contribution in [1.29, 1.82) is 5.26 Å². The number of hydrogen-bond acceptors (Lipinski definition) is 4. The number of carbonyl (C=O) groups excluding carboxylic acids is 1. The highest BCUT2D eigenvalue weighted by molar-refractivity contribution is 5.81. The second kappa shape index (κ2) is 9.42. The number of nitrogens with one attached hydrogen (secondary N) is 1. The molecule has 2 aromatic rings. The maximum Gasteiger partial charge on any atom is 0.261 e. The smallest absolute Gasteiger partial charge is 0.261 e. The van der Waals surface area contributed by atoms with Crippen LogP contribution < -0.4 is 14.8 Å². The van der Waals surface area contributed by atoms with E-state index < -0.39 is 6.10 Å². The molecule has 1 amide bonds. The van der Waals surface area contributed by atoms with Crippen LogP contribution in [0, 0.1) is 23.1 Å². The summed E-state index contributed by atoms with van der Waals surface area (Å²) >= 11 is 0. The van der Waals surface area contributed by atoms with Gasteiger partial charge in [-0.25, -0.2) is 4.39 Å². The first-order chi connectivity index (χ1) is 12.5. The van der Waals surface area contributed by atoms with Crippen LogP contribution >= 0.6 is 0 Å². The number of amides is 1. The molecule has 26 heavy (non-hydrogen) atoms. The molecule has 5 nitrogen and oxygen atoms in total. The van der Waals surface area contributed by atoms with Crippen molar-refractivity contribution in [1.82, 2.24) is 5.32 Å². The number of halogens is 1. The average molecular weight is 356 g/mol. The maximum absolute atomic E-state index is 12.8. The Hall–Kier alpha value is -3.07. The lowest BCUT2D eigenvalue weighted by Gasteiger charge is -2.22. The van der Waals surface area contributed by atoms with Crippen molar-refractivity contribution in [3.63, 3.8) is 0 Å². The second-order valence-corrected chi connectivity index (χ2v) is 5.98. The number of nitriles is 1. The fraction of sp³-hybridized carbons (Fsp3) is 0.300. The van der Waals surface area contributed by atoms with Crippen molar-refractivity contribution in [2.24, 2.45) is 5.92 Å². The van der Waals surface area contributed by atoms with E-state index in [9.17, 15) is 9.18 Å². The van der Waals surface area contributed by atoms with Crippen LogP contribution in [0.2, 0.25) is 0 Å². The van der Waals surface area contributed by atoms with Crippen LogP contribution in [0.25, 0.3) is 0 Å². The molecule has 2 rings (SSSR count). The Bertz CT molecular complexity index is 769. The van der Waals surface area contributed by atoms with E-state index in [0.29, 0.717) is 17.1 Å². The van der Waals surface area contributed by atoms with Gasteiger partial charge in [0.25, 0.3) is 5.91 Å². The molecule has 0 aliphatic heterocycles. The topological polar surface area (TPSA) is 71.3 Å². The van der Waals surface area contributed by atoms with E-state index in [-0.39, 0.29) is 30.8 Å². The van der Waals surface area contributed by atoms with Crippen molar-refractivity contribution >= 4 is 5.91 Å². The van der Waals surface area contributed by atoms with Gasteiger partial charge in [0, 0.05) is 0 Å². The van der Waals surface area contributed by atoms with E-state index in [1.807, 2.05) is 19.9 Å². The quantitative estimate of drug-likeness (QED) is 0.737. The molecular formula is C20H21FN2O3. The molecule has 1 N–H and O–H groups in total. The molecule has 0 spiro atoms. The highest BCUT2D eigenvalue weighted by Gasteiger charge is 2.24. The molecule has 136 valence electrons. The summed E-state index contributed by atoms with van der Waals surface area (Å²) in [6.45, 7) is 4.27. The van der Waals surface area contributed by atoms with Gasteiger partial charge in [-0.2, -0.15) is 5.26 Å². The lowest BCUT2D eigenvalue weighted by Crippen LogP contribution is -2.43. The van der Waals surface area contributed by atoms with Crippen molar-refractivity contribution in [2.45, 2.75) is 20.0 Å². The molecule has 0 radical (unpaired) electrons. The van der Waals surface area contributed by atoms with Gasteiger partial charge >= 0.3 is 0 Å². The van der Waals surface area contributed by atoms with E-state index in [2.05, 4.69) is 5.32 Å². The first-order valence-corrected chi connectivity index (χ1v) is 8.33. The Morgan fingerprint density at radius 2 is 1.88 bits per heavy atom. The number of nitrogens with zero attached hydrogens (tertiary/aromatic N) is 1. The molecule has 2 aromatic carbocycles. The van der Waals surface area contributed by atoms with Gasteiger partial charge in [0.2, 0.25) is 0 Å². The monoisotopic (exact) mass is 356 g/mol. The van der Waals surface area contributed by atoms with E-state index in [1.165, 1.54) is 24.3 Å². The third-order valence-electron chi connectivity index (χ3n) is 3.61. The van der Waals surface area contributed by atoms with Crippen LogP contribution in [-0.4, -0.2) is 25.2 Å². The zero-order chi connectivity index (χ0) is 18.9. The third-order valence-corrected chi connectivity index (χ3v) is 3.61. The summed E-state index contributed by atoms with van der Waals surface area (Å²) < 4.78 is 24.0. The van der Waals surface area contributed by atoms with Gasteiger partial charge in [-0.15, -0.1) is 0 Å². The van der Waals surface area contributed by atoms with Crippen molar-refractivity contribution in [3.8, 4) is 17.6 Å². The summed E-state index contributed by atoms with van der Waals surface area (Å²) in [5.74, 6) is 0.210. The molecule has 0 aliphatic rings. The Labute approximate surface area is 152 Å². The Morgan fingerprint density at radius 1 is 1.19 bits per heavy atom. The van der Waals surface area contributed by atoms with Crippen LogP contribution in [0.4, 0.5) is 4.39 Å². The zero-order valence-corrected chi connectivity index (χ0v) is 14.7. The SMILES string of the molecule is CC(C)C(Oc1ccccc1C#N)C(=O)NCCOc1ccc(F)cc1. The van der Waals surface area contributed by atoms with Gasteiger partial charge in [-0.3, -0.25) is 4.79 Å². The largest absolute Gasteiger partial charge is 0.492 e. The fourth-order valence-electron chi connectivity index (χ4n) is 2.27. The molecular weight excluding hydrogens is 335 g/mol. The number of hydrogen-bond donors (Lipinski definition) is 1. The fourth-order valence-corrected chi connectivity index (χ4v) is 2.27. The number of para-hydroxylation sites is 1. The van der Waals surface area contributed by atoms with E-state index in [4.69, 9.17) is 14.7 Å². The summed E-state index contributed by atoms with van der Waals surface area (Å²) in [6.07, 6.45) is -0.727.